The van der Waals surface area contributed by atoms with Gasteiger partial charge in [0, 0.05) is 12.6 Å². The first-order valence-corrected chi connectivity index (χ1v) is 8.89. The van der Waals surface area contributed by atoms with Crippen molar-refractivity contribution in [3.8, 4) is 0 Å². The lowest BCUT2D eigenvalue weighted by molar-refractivity contribution is 0.624. The molecule has 1 saturated heterocycles. The number of benzene rings is 1. The van der Waals surface area contributed by atoms with Crippen molar-refractivity contribution in [2.45, 2.75) is 25.8 Å². The Hall–Kier alpha value is -3.29. The lowest BCUT2D eigenvalue weighted by Crippen LogP contribution is -2.25. The molecule has 0 radical (unpaired) electrons. The highest BCUT2D eigenvalue weighted by Crippen LogP contribution is 2.34. The van der Waals surface area contributed by atoms with Crippen LogP contribution in [-0.4, -0.2) is 31.7 Å². The fourth-order valence-corrected chi connectivity index (χ4v) is 3.30. The predicted octanol–water partition coefficient (Wildman–Crippen LogP) is 3.85. The first-order valence-electron chi connectivity index (χ1n) is 8.89. The van der Waals surface area contributed by atoms with Gasteiger partial charge in [-0.1, -0.05) is 18.2 Å². The predicted molar refractivity (Wildman–Crippen MR) is 102 cm³/mol. The summed E-state index contributed by atoms with van der Waals surface area (Å²) in [7, 11) is 0. The fraction of sp³-hybridized carbons (Fsp3) is 0.263. The second-order valence-electron chi connectivity index (χ2n) is 6.35. The normalized spacial score (nSPS) is 17.0. The molecule has 4 rings (SSSR count). The summed E-state index contributed by atoms with van der Waals surface area (Å²) >= 11 is 0. The molecule has 0 saturated carbocycles. The van der Waals surface area contributed by atoms with Gasteiger partial charge in [-0.05, 0) is 43.5 Å². The maximum atomic E-state index is 13.2. The smallest absolute Gasteiger partial charge is 0.233 e. The molecule has 1 atom stereocenters. The van der Waals surface area contributed by atoms with Crippen molar-refractivity contribution in [2.75, 3.05) is 16.8 Å². The average molecular weight is 365 g/mol. The number of allylic oxidation sites excluding steroid dienone is 1. The summed E-state index contributed by atoms with van der Waals surface area (Å²) in [5, 5.41) is 10.2. The number of hydrogen-bond acceptors (Lipinski definition) is 6. The van der Waals surface area contributed by atoms with E-state index in [0.29, 0.717) is 17.7 Å². The van der Waals surface area contributed by atoms with E-state index in [1.54, 1.807) is 0 Å². The number of nitrogens with zero attached hydrogens (tertiary/aromatic N) is 5. The number of rotatable bonds is 5. The highest BCUT2D eigenvalue weighted by molar-refractivity contribution is 5.55. The molecule has 7 nitrogen and oxygen atoms in total. The Kier molecular flexibility index (Phi) is 4.78. The van der Waals surface area contributed by atoms with Crippen LogP contribution in [0, 0.1) is 5.82 Å². The summed E-state index contributed by atoms with van der Waals surface area (Å²) in [6, 6.07) is 8.64. The monoisotopic (exact) mass is 365 g/mol. The van der Waals surface area contributed by atoms with Crippen LogP contribution in [0.4, 0.5) is 22.1 Å². The molecule has 138 valence electrons. The molecule has 2 N–H and O–H groups in total. The van der Waals surface area contributed by atoms with Crippen LogP contribution in [0.15, 0.2) is 42.7 Å². The minimum atomic E-state index is -0.230. The first kappa shape index (κ1) is 17.1. The van der Waals surface area contributed by atoms with Crippen LogP contribution >= 0.6 is 0 Å². The van der Waals surface area contributed by atoms with Crippen molar-refractivity contribution < 1.29 is 4.39 Å². The van der Waals surface area contributed by atoms with E-state index in [1.807, 2.05) is 37.3 Å². The zero-order chi connectivity index (χ0) is 18.6. The Bertz CT molecular complexity index is 935. The van der Waals surface area contributed by atoms with Crippen LogP contribution in [0.3, 0.4) is 0 Å². The Morgan fingerprint density at radius 1 is 1.26 bits per heavy atom. The lowest BCUT2D eigenvalue weighted by Gasteiger charge is -2.25. The number of hydrogen-bond donors (Lipinski definition) is 2. The molecule has 0 spiro atoms. The minimum absolute atomic E-state index is 0.132. The van der Waals surface area contributed by atoms with Gasteiger partial charge in [0.1, 0.15) is 12.1 Å². The summed E-state index contributed by atoms with van der Waals surface area (Å²) in [5.74, 6) is 1.44. The summed E-state index contributed by atoms with van der Waals surface area (Å²) < 4.78 is 13.2. The molecule has 1 aliphatic rings. The largest absolute Gasteiger partial charge is 0.334 e. The van der Waals surface area contributed by atoms with Crippen molar-refractivity contribution in [2.24, 2.45) is 0 Å². The molecule has 0 amide bonds. The molecule has 8 heteroatoms. The fourth-order valence-electron chi connectivity index (χ4n) is 3.30. The molecule has 0 bridgehead atoms. The van der Waals surface area contributed by atoms with Crippen molar-refractivity contribution in [3.05, 3.63) is 59.8 Å². The molecule has 1 aromatic carbocycles. The van der Waals surface area contributed by atoms with Crippen LogP contribution in [0.5, 0.6) is 0 Å². The van der Waals surface area contributed by atoms with E-state index in [9.17, 15) is 4.39 Å². The molecule has 1 unspecified atom stereocenters. The summed E-state index contributed by atoms with van der Waals surface area (Å²) in [6.07, 6.45) is 7.36. The number of nitrogens with one attached hydrogen (secondary N) is 2. The molecular formula is C19H20FN7. The van der Waals surface area contributed by atoms with Gasteiger partial charge in [-0.15, -0.1) is 0 Å². The quantitative estimate of drug-likeness (QED) is 0.715. The van der Waals surface area contributed by atoms with Crippen LogP contribution in [0.1, 0.15) is 37.1 Å². The number of H-pyrrole nitrogens is 1. The Balaban J connectivity index is 1.54. The standard InChI is InChI=1S/C19H20FN7/c1-2-4-15-11-17(26-25-15)23-18-21-12-22-19(24-18)27-10-3-5-16(27)13-6-8-14(20)9-7-13/h2,4,6-9,11-12,16H,3,5,10H2,1H3,(H2,21,22,23,24,25,26)/b4-2+. The molecule has 0 aliphatic carbocycles. The van der Waals surface area contributed by atoms with Gasteiger partial charge in [0.2, 0.25) is 11.9 Å². The van der Waals surface area contributed by atoms with Gasteiger partial charge in [-0.2, -0.15) is 10.1 Å². The van der Waals surface area contributed by atoms with Gasteiger partial charge in [-0.3, -0.25) is 5.10 Å². The maximum absolute atomic E-state index is 13.2. The van der Waals surface area contributed by atoms with E-state index in [0.717, 1.165) is 30.6 Å². The van der Waals surface area contributed by atoms with Crippen LogP contribution in [0.2, 0.25) is 0 Å². The van der Waals surface area contributed by atoms with Crippen molar-refractivity contribution in [3.63, 3.8) is 0 Å². The topological polar surface area (TPSA) is 82.6 Å². The number of aromatic amines is 1. The Labute approximate surface area is 156 Å². The molecule has 1 aliphatic heterocycles. The van der Waals surface area contributed by atoms with Gasteiger partial charge >= 0.3 is 0 Å². The molecule has 1 fully saturated rings. The summed E-state index contributed by atoms with van der Waals surface area (Å²) in [5.41, 5.74) is 1.96. The highest BCUT2D eigenvalue weighted by atomic mass is 19.1. The summed E-state index contributed by atoms with van der Waals surface area (Å²) in [6.45, 7) is 2.79. The van der Waals surface area contributed by atoms with Gasteiger partial charge in [0.25, 0.3) is 0 Å². The maximum Gasteiger partial charge on any atom is 0.233 e. The number of halogens is 1. The van der Waals surface area contributed by atoms with E-state index in [4.69, 9.17) is 0 Å². The molecule has 3 heterocycles. The van der Waals surface area contributed by atoms with Crippen molar-refractivity contribution in [1.29, 1.82) is 0 Å². The van der Waals surface area contributed by atoms with Crippen molar-refractivity contribution >= 4 is 23.8 Å². The van der Waals surface area contributed by atoms with Gasteiger partial charge < -0.3 is 10.2 Å². The van der Waals surface area contributed by atoms with E-state index < -0.39 is 0 Å². The second kappa shape index (κ2) is 7.53. The van der Waals surface area contributed by atoms with E-state index >= 15 is 0 Å². The average Bonchev–Trinajstić information content (AvgIpc) is 3.33. The zero-order valence-electron chi connectivity index (χ0n) is 14.9. The first-order chi connectivity index (χ1) is 13.2. The minimum Gasteiger partial charge on any atom is -0.334 e. The lowest BCUT2D eigenvalue weighted by atomic mass is 10.0. The van der Waals surface area contributed by atoms with Crippen LogP contribution < -0.4 is 10.2 Å². The highest BCUT2D eigenvalue weighted by Gasteiger charge is 2.28. The van der Waals surface area contributed by atoms with Gasteiger partial charge in [0.15, 0.2) is 5.82 Å². The number of aromatic nitrogens is 5. The third-order valence-corrected chi connectivity index (χ3v) is 4.51. The van der Waals surface area contributed by atoms with Crippen LogP contribution in [0.25, 0.3) is 6.08 Å². The SMILES string of the molecule is C/C=C/c1cc(Nc2ncnc(N3CCCC3c3ccc(F)cc3)n2)n[nH]1. The van der Waals surface area contributed by atoms with Crippen LogP contribution in [-0.2, 0) is 0 Å². The second-order valence-corrected chi connectivity index (χ2v) is 6.35. The summed E-state index contributed by atoms with van der Waals surface area (Å²) in [4.78, 5) is 15.2. The molecule has 3 aromatic rings. The number of anilines is 3. The molecule has 27 heavy (non-hydrogen) atoms. The Morgan fingerprint density at radius 2 is 2.11 bits per heavy atom. The zero-order valence-corrected chi connectivity index (χ0v) is 14.9. The third-order valence-electron chi connectivity index (χ3n) is 4.51. The van der Waals surface area contributed by atoms with Gasteiger partial charge in [0.05, 0.1) is 11.7 Å². The molecular weight excluding hydrogens is 345 g/mol. The third kappa shape index (κ3) is 3.79. The van der Waals surface area contributed by atoms with Crippen molar-refractivity contribution in [1.82, 2.24) is 25.1 Å². The van der Waals surface area contributed by atoms with Gasteiger partial charge in [-0.25, -0.2) is 14.4 Å². The Morgan fingerprint density at radius 3 is 2.93 bits per heavy atom. The molecule has 2 aromatic heterocycles. The van der Waals surface area contributed by atoms with E-state index in [1.165, 1.54) is 18.5 Å². The van der Waals surface area contributed by atoms with E-state index in [-0.39, 0.29) is 11.9 Å². The van der Waals surface area contributed by atoms with E-state index in [2.05, 4.69) is 35.4 Å².